The molecule has 2 heterocycles. The average molecular weight is 803 g/mol. The van der Waals surface area contributed by atoms with Gasteiger partial charge in [-0.1, -0.05) is 206 Å². The Labute approximate surface area is 367 Å². The number of para-hydroxylation sites is 4. The predicted octanol–water partition coefficient (Wildman–Crippen LogP) is 16.1. The number of rotatable bonds is 8. The van der Waals surface area contributed by atoms with Crippen LogP contribution < -0.4 is 0 Å². The summed E-state index contributed by atoms with van der Waals surface area (Å²) in [6.45, 7) is 0. The Morgan fingerprint density at radius 3 is 1.21 bits per heavy atom. The molecule has 12 aromatic rings. The van der Waals surface area contributed by atoms with Gasteiger partial charge in [-0.3, -0.25) is 0 Å². The first kappa shape index (κ1) is 36.6. The molecule has 63 heavy (non-hydrogen) atoms. The van der Waals surface area contributed by atoms with Crippen LogP contribution in [0.25, 0.3) is 88.4 Å². The fraction of sp³-hybridized carbons (Fsp3) is 0.0164. The lowest BCUT2D eigenvalue weighted by Gasteiger charge is -2.20. The molecule has 0 bridgehead atoms. The van der Waals surface area contributed by atoms with Crippen LogP contribution >= 0.6 is 0 Å². The van der Waals surface area contributed by atoms with Crippen LogP contribution in [0.5, 0.6) is 0 Å². The molecule has 0 radical (unpaired) electrons. The van der Waals surface area contributed by atoms with Crippen molar-refractivity contribution in [3.05, 3.63) is 265 Å². The highest BCUT2D eigenvalue weighted by molar-refractivity contribution is 6.28. The summed E-state index contributed by atoms with van der Waals surface area (Å²) in [5.74, 6) is 0.0705. The van der Waals surface area contributed by atoms with E-state index in [4.69, 9.17) is 0 Å². The van der Waals surface area contributed by atoms with Crippen molar-refractivity contribution in [1.82, 2.24) is 9.13 Å². The van der Waals surface area contributed by atoms with E-state index in [2.05, 4.69) is 258 Å². The van der Waals surface area contributed by atoms with Crippen LogP contribution in [0.1, 0.15) is 22.6 Å². The summed E-state index contributed by atoms with van der Waals surface area (Å²) >= 11 is 0. The van der Waals surface area contributed by atoms with Gasteiger partial charge in [0.1, 0.15) is 0 Å². The van der Waals surface area contributed by atoms with Crippen molar-refractivity contribution in [2.45, 2.75) is 5.92 Å². The molecule has 2 nitrogen and oxygen atoms in total. The first-order chi connectivity index (χ1) is 31.3. The second-order valence-corrected chi connectivity index (χ2v) is 16.5. The van der Waals surface area contributed by atoms with Crippen molar-refractivity contribution in [3.8, 4) is 44.8 Å². The molecule has 12 rings (SSSR count). The van der Waals surface area contributed by atoms with E-state index in [0.717, 1.165) is 11.4 Å². The second kappa shape index (κ2) is 15.4. The van der Waals surface area contributed by atoms with Crippen molar-refractivity contribution in [2.24, 2.45) is 0 Å². The monoisotopic (exact) mass is 802 g/mol. The fourth-order valence-corrected chi connectivity index (χ4v) is 9.95. The molecule has 10 aromatic carbocycles. The summed E-state index contributed by atoms with van der Waals surface area (Å²) in [4.78, 5) is 0. The molecule has 0 amide bonds. The Balaban J connectivity index is 1.02. The van der Waals surface area contributed by atoms with Crippen LogP contribution in [-0.2, 0) is 0 Å². The topological polar surface area (TPSA) is 9.86 Å². The van der Waals surface area contributed by atoms with Gasteiger partial charge in [0.15, 0.2) is 0 Å². The first-order valence-electron chi connectivity index (χ1n) is 21.8. The second-order valence-electron chi connectivity index (χ2n) is 16.5. The van der Waals surface area contributed by atoms with Gasteiger partial charge in [0.05, 0.1) is 22.1 Å². The molecule has 0 N–H and O–H groups in total. The predicted molar refractivity (Wildman–Crippen MR) is 265 cm³/mol. The highest BCUT2D eigenvalue weighted by Gasteiger charge is 2.25. The van der Waals surface area contributed by atoms with Crippen molar-refractivity contribution in [1.29, 1.82) is 0 Å². The van der Waals surface area contributed by atoms with Crippen molar-refractivity contribution in [2.75, 3.05) is 0 Å². The lowest BCUT2D eigenvalue weighted by atomic mass is 9.84. The molecule has 1 unspecified atom stereocenters. The third-order valence-electron chi connectivity index (χ3n) is 12.9. The maximum Gasteiger partial charge on any atom is 0.0795 e. The molecule has 1 atom stereocenters. The number of fused-ring (bicyclic) bond motifs is 7. The zero-order chi connectivity index (χ0) is 41.7. The Kier molecular flexibility index (Phi) is 8.93. The molecule has 0 aliphatic rings. The SMILES string of the molecule is c1ccc(-c2ccc(-c3ccc(C(c4ccccc4)c4ccc(-c5cc6c7ccccc7n(-c7ccccc7)c6c6c5c5ccccc5n6-c5ccccc5)cc4)cc3)cc2)cc1. The van der Waals surface area contributed by atoms with Gasteiger partial charge >= 0.3 is 0 Å². The van der Waals surface area contributed by atoms with Gasteiger partial charge in [0.2, 0.25) is 0 Å². The van der Waals surface area contributed by atoms with Crippen LogP contribution in [0.15, 0.2) is 249 Å². The third kappa shape index (κ3) is 6.26. The van der Waals surface area contributed by atoms with Gasteiger partial charge in [-0.25, -0.2) is 0 Å². The molecule has 0 spiro atoms. The minimum absolute atomic E-state index is 0.0705. The summed E-state index contributed by atoms with van der Waals surface area (Å²) < 4.78 is 4.95. The summed E-state index contributed by atoms with van der Waals surface area (Å²) in [6, 6.07) is 90.8. The van der Waals surface area contributed by atoms with E-state index in [1.54, 1.807) is 0 Å². The molecule has 0 saturated heterocycles. The van der Waals surface area contributed by atoms with Gasteiger partial charge in [-0.2, -0.15) is 0 Å². The molecule has 2 aromatic heterocycles. The minimum Gasteiger partial charge on any atom is -0.307 e. The summed E-state index contributed by atoms with van der Waals surface area (Å²) in [7, 11) is 0. The van der Waals surface area contributed by atoms with Gasteiger partial charge in [0.25, 0.3) is 0 Å². The normalized spacial score (nSPS) is 12.1. The number of benzene rings is 10. The Bertz CT molecular complexity index is 3550. The first-order valence-corrected chi connectivity index (χ1v) is 21.8. The van der Waals surface area contributed by atoms with E-state index in [1.807, 2.05) is 0 Å². The molecular weight excluding hydrogens is 761 g/mol. The molecular formula is C61H42N2. The zero-order valence-electron chi connectivity index (χ0n) is 34.6. The molecule has 0 saturated carbocycles. The molecule has 296 valence electrons. The number of hydrogen-bond donors (Lipinski definition) is 0. The number of aromatic nitrogens is 2. The van der Waals surface area contributed by atoms with E-state index in [9.17, 15) is 0 Å². The molecule has 0 aliphatic heterocycles. The van der Waals surface area contributed by atoms with Crippen molar-refractivity contribution < 1.29 is 0 Å². The quantitative estimate of drug-likeness (QED) is 0.135. The summed E-state index contributed by atoms with van der Waals surface area (Å²) in [5.41, 5.74) is 18.2. The van der Waals surface area contributed by atoms with E-state index < -0.39 is 0 Å². The Morgan fingerprint density at radius 2 is 0.651 bits per heavy atom. The van der Waals surface area contributed by atoms with Gasteiger partial charge < -0.3 is 9.13 Å². The average Bonchev–Trinajstić information content (AvgIpc) is 3.89. The minimum atomic E-state index is 0.0705. The van der Waals surface area contributed by atoms with Crippen molar-refractivity contribution in [3.63, 3.8) is 0 Å². The van der Waals surface area contributed by atoms with Gasteiger partial charge in [0, 0.05) is 38.8 Å². The maximum atomic E-state index is 2.48. The standard InChI is InChI=1S/C61H42N2/c1-5-17-42(18-6-1)43-29-31-44(32-30-43)45-33-37-48(38-34-45)58(47-19-7-2-8-20-47)49-39-35-46(36-40-49)54-41-55-52-25-13-15-27-56(52)62(50-21-9-3-10-22-50)60(55)61-59(54)53-26-14-16-28-57(53)63(61)51-23-11-4-12-24-51/h1-41,58H. The number of nitrogens with zero attached hydrogens (tertiary/aromatic N) is 2. The largest absolute Gasteiger partial charge is 0.307 e. The van der Waals surface area contributed by atoms with Gasteiger partial charge in [-0.15, -0.1) is 0 Å². The van der Waals surface area contributed by atoms with Crippen LogP contribution in [-0.4, -0.2) is 9.13 Å². The molecule has 2 heteroatoms. The highest BCUT2D eigenvalue weighted by atomic mass is 15.0. The Morgan fingerprint density at radius 1 is 0.270 bits per heavy atom. The van der Waals surface area contributed by atoms with Crippen LogP contribution in [0.4, 0.5) is 0 Å². The van der Waals surface area contributed by atoms with E-state index in [0.29, 0.717) is 0 Å². The maximum absolute atomic E-state index is 2.48. The van der Waals surface area contributed by atoms with Crippen LogP contribution in [0.3, 0.4) is 0 Å². The van der Waals surface area contributed by atoms with E-state index >= 15 is 0 Å². The van der Waals surface area contributed by atoms with Crippen LogP contribution in [0.2, 0.25) is 0 Å². The van der Waals surface area contributed by atoms with Crippen molar-refractivity contribution >= 4 is 43.6 Å². The Hall–Kier alpha value is -8.20. The van der Waals surface area contributed by atoms with Gasteiger partial charge in [-0.05, 0) is 92.5 Å². The zero-order valence-corrected chi connectivity index (χ0v) is 34.6. The highest BCUT2D eigenvalue weighted by Crippen LogP contribution is 2.46. The molecule has 0 aliphatic carbocycles. The third-order valence-corrected chi connectivity index (χ3v) is 12.9. The summed E-state index contributed by atoms with van der Waals surface area (Å²) in [5, 5.41) is 4.96. The van der Waals surface area contributed by atoms with E-state index in [-0.39, 0.29) is 5.92 Å². The molecule has 0 fully saturated rings. The smallest absolute Gasteiger partial charge is 0.0795 e. The number of hydrogen-bond acceptors (Lipinski definition) is 0. The van der Waals surface area contributed by atoms with Crippen LogP contribution in [0, 0.1) is 0 Å². The summed E-state index contributed by atoms with van der Waals surface area (Å²) in [6.07, 6.45) is 0. The van der Waals surface area contributed by atoms with E-state index in [1.165, 1.54) is 93.7 Å². The lowest BCUT2D eigenvalue weighted by Crippen LogP contribution is -2.03. The lowest BCUT2D eigenvalue weighted by molar-refractivity contribution is 0.978. The fourth-order valence-electron chi connectivity index (χ4n) is 9.95.